The second-order valence-electron chi connectivity index (χ2n) is 1.90. The van der Waals surface area contributed by atoms with Gasteiger partial charge >= 0.3 is 5.97 Å². The highest BCUT2D eigenvalue weighted by Gasteiger charge is 2.18. The third-order valence-corrected chi connectivity index (χ3v) is 2.10. The summed E-state index contributed by atoms with van der Waals surface area (Å²) in [5.41, 5.74) is 0.295. The number of halogens is 1. The lowest BCUT2D eigenvalue weighted by Gasteiger charge is -2.05. The van der Waals surface area contributed by atoms with Crippen LogP contribution in [0.4, 0.5) is 0 Å². The van der Waals surface area contributed by atoms with Crippen molar-refractivity contribution in [3.63, 3.8) is 0 Å². The van der Waals surface area contributed by atoms with Gasteiger partial charge in [0.05, 0.1) is 6.61 Å². The molecule has 1 atom stereocenters. The van der Waals surface area contributed by atoms with E-state index in [4.69, 9.17) is 0 Å². The van der Waals surface area contributed by atoms with Gasteiger partial charge in [-0.05, 0) is 13.8 Å². The van der Waals surface area contributed by atoms with Crippen LogP contribution in [0.25, 0.3) is 0 Å². The molecule has 0 aliphatic rings. The number of alkyl halides is 1. The Hall–Kier alpha value is -0.600. The number of rotatable bonds is 3. The van der Waals surface area contributed by atoms with Crippen LogP contribution in [-0.4, -0.2) is 23.3 Å². The Kier molecular flexibility index (Phi) is 4.83. The Morgan fingerprint density at radius 3 is 2.64 bits per heavy atom. The lowest BCUT2D eigenvalue weighted by Crippen LogP contribution is -2.18. The molecule has 0 N–H and O–H groups in total. The predicted octanol–water partition coefficient (Wildman–Crippen LogP) is 1.09. The average molecular weight is 221 g/mol. The summed E-state index contributed by atoms with van der Waals surface area (Å²) >= 11 is 3.00. The van der Waals surface area contributed by atoms with E-state index in [1.807, 2.05) is 0 Å². The fourth-order valence-corrected chi connectivity index (χ4v) is 0.670. The van der Waals surface area contributed by atoms with Crippen molar-refractivity contribution >= 4 is 27.8 Å². The average Bonchev–Trinajstić information content (AvgIpc) is 2.02. The molecule has 0 saturated carbocycles. The van der Waals surface area contributed by atoms with Crippen molar-refractivity contribution in [3.8, 4) is 0 Å². The van der Waals surface area contributed by atoms with Gasteiger partial charge in [0.15, 0.2) is 0 Å². The first-order valence-electron chi connectivity index (χ1n) is 3.15. The molecule has 62 valence electrons. The molecule has 0 fully saturated rings. The van der Waals surface area contributed by atoms with Crippen LogP contribution in [0.1, 0.15) is 13.8 Å². The minimum Gasteiger partial charge on any atom is -0.465 e. The van der Waals surface area contributed by atoms with E-state index in [1.54, 1.807) is 12.9 Å². The number of carbonyl (C=O) groups is 1. The van der Waals surface area contributed by atoms with Crippen LogP contribution in [0.2, 0.25) is 0 Å². The van der Waals surface area contributed by atoms with E-state index < -0.39 is 10.8 Å². The lowest BCUT2D eigenvalue weighted by atomic mass is 10.2. The molecule has 0 rings (SSSR count). The van der Waals surface area contributed by atoms with Crippen molar-refractivity contribution in [3.05, 3.63) is 5.57 Å². The summed E-state index contributed by atoms with van der Waals surface area (Å²) in [6.45, 7) is 3.54. The summed E-state index contributed by atoms with van der Waals surface area (Å²) in [5.74, 6) is 1.17. The molecule has 0 radical (unpaired) electrons. The van der Waals surface area contributed by atoms with Crippen molar-refractivity contribution in [1.29, 1.82) is 0 Å². The van der Waals surface area contributed by atoms with Crippen molar-refractivity contribution in [2.24, 2.45) is 0 Å². The molecule has 0 bridgehead atoms. The normalized spacial score (nSPS) is 11.5. The van der Waals surface area contributed by atoms with Crippen LogP contribution < -0.4 is 0 Å². The van der Waals surface area contributed by atoms with Crippen molar-refractivity contribution in [2.75, 3.05) is 6.61 Å². The molecule has 0 heterocycles. The Labute approximate surface area is 73.5 Å². The van der Waals surface area contributed by atoms with Crippen LogP contribution >= 0.6 is 15.9 Å². The van der Waals surface area contributed by atoms with Gasteiger partial charge in [-0.3, -0.25) is 4.79 Å². The Bertz CT molecular complexity index is 194. The number of ether oxygens (including phenoxy) is 1. The maximum atomic E-state index is 10.9. The molecule has 0 amide bonds. The van der Waals surface area contributed by atoms with E-state index in [-0.39, 0.29) is 0 Å². The molecule has 0 aromatic carbocycles. The van der Waals surface area contributed by atoms with Crippen molar-refractivity contribution in [2.45, 2.75) is 18.7 Å². The van der Waals surface area contributed by atoms with Crippen LogP contribution in [0, 0.1) is 0 Å². The molecule has 3 nitrogen and oxygen atoms in total. The Morgan fingerprint density at radius 2 is 2.27 bits per heavy atom. The van der Waals surface area contributed by atoms with E-state index in [2.05, 4.69) is 20.7 Å². The van der Waals surface area contributed by atoms with Gasteiger partial charge in [-0.15, -0.1) is 0 Å². The molecule has 11 heavy (non-hydrogen) atoms. The first kappa shape index (κ1) is 10.4. The van der Waals surface area contributed by atoms with Crippen LogP contribution in [0.3, 0.4) is 0 Å². The Morgan fingerprint density at radius 1 is 1.73 bits per heavy atom. The minimum atomic E-state index is -0.653. The zero-order valence-electron chi connectivity index (χ0n) is 6.39. The maximum Gasteiger partial charge on any atom is 0.324 e. The second-order valence-corrected chi connectivity index (χ2v) is 2.82. The zero-order valence-corrected chi connectivity index (χ0v) is 7.97. The third-order valence-electron chi connectivity index (χ3n) is 1.03. The monoisotopic (exact) mass is 220 g/mol. The van der Waals surface area contributed by atoms with E-state index >= 15 is 0 Å². The zero-order chi connectivity index (χ0) is 8.85. The highest BCUT2D eigenvalue weighted by molar-refractivity contribution is 9.10. The second kappa shape index (κ2) is 5.10. The van der Waals surface area contributed by atoms with Gasteiger partial charge in [0.25, 0.3) is 0 Å². The van der Waals surface area contributed by atoms with Crippen LogP contribution in [0.15, 0.2) is 5.57 Å². The highest BCUT2D eigenvalue weighted by Crippen LogP contribution is 2.10. The van der Waals surface area contributed by atoms with E-state index in [0.717, 1.165) is 0 Å². The molecular formula is C7H9BrO3. The molecule has 0 aromatic heterocycles. The summed E-state index contributed by atoms with van der Waals surface area (Å²) < 4.78 is 4.64. The predicted molar refractivity (Wildman–Crippen MR) is 44.2 cm³/mol. The SMILES string of the molecule is CCOC(=O)C(Br)C(C)=C=O. The minimum absolute atomic E-state index is 0.295. The third kappa shape index (κ3) is 3.35. The molecule has 0 spiro atoms. The van der Waals surface area contributed by atoms with Crippen LogP contribution in [0.5, 0.6) is 0 Å². The molecule has 0 saturated heterocycles. The quantitative estimate of drug-likeness (QED) is 0.407. The molecule has 1 unspecified atom stereocenters. The number of hydrogen-bond donors (Lipinski definition) is 0. The first-order chi connectivity index (χ1) is 5.13. The summed E-state index contributed by atoms with van der Waals surface area (Å²) in [4.78, 5) is 20.3. The fraction of sp³-hybridized carbons (Fsp3) is 0.571. The Balaban J connectivity index is 4.13. The van der Waals surface area contributed by atoms with Crippen molar-refractivity contribution in [1.82, 2.24) is 0 Å². The fourth-order valence-electron chi connectivity index (χ4n) is 0.444. The van der Waals surface area contributed by atoms with Crippen molar-refractivity contribution < 1.29 is 14.3 Å². The number of hydrogen-bond acceptors (Lipinski definition) is 3. The summed E-state index contributed by atoms with van der Waals surface area (Å²) in [6, 6.07) is 0. The van der Waals surface area contributed by atoms with E-state index in [0.29, 0.717) is 12.2 Å². The summed E-state index contributed by atoms with van der Waals surface area (Å²) in [6.07, 6.45) is 0. The molecule has 0 aliphatic carbocycles. The standard InChI is InChI=1S/C7H9BrO3/c1-3-11-7(10)6(8)5(2)4-9/h6H,3H2,1-2H3. The molecular weight excluding hydrogens is 212 g/mol. The topological polar surface area (TPSA) is 43.4 Å². The van der Waals surface area contributed by atoms with Gasteiger partial charge in [-0.25, -0.2) is 4.79 Å². The smallest absolute Gasteiger partial charge is 0.324 e. The molecule has 4 heteroatoms. The van der Waals surface area contributed by atoms with Gasteiger partial charge in [0, 0.05) is 5.57 Å². The van der Waals surface area contributed by atoms with E-state index in [9.17, 15) is 9.59 Å². The summed E-state index contributed by atoms with van der Waals surface area (Å²) in [5, 5.41) is 0. The van der Waals surface area contributed by atoms with Gasteiger partial charge in [-0.2, -0.15) is 0 Å². The highest BCUT2D eigenvalue weighted by atomic mass is 79.9. The van der Waals surface area contributed by atoms with Gasteiger partial charge in [-0.1, -0.05) is 15.9 Å². The largest absolute Gasteiger partial charge is 0.465 e. The number of carbonyl (C=O) groups excluding carboxylic acids is 2. The first-order valence-corrected chi connectivity index (χ1v) is 4.07. The maximum absolute atomic E-state index is 10.9. The molecule has 0 aliphatic heterocycles. The summed E-state index contributed by atoms with van der Waals surface area (Å²) in [7, 11) is 0. The van der Waals surface area contributed by atoms with Gasteiger partial charge in [0.1, 0.15) is 10.8 Å². The van der Waals surface area contributed by atoms with E-state index in [1.165, 1.54) is 6.92 Å². The van der Waals surface area contributed by atoms with Gasteiger partial charge in [0.2, 0.25) is 0 Å². The lowest BCUT2D eigenvalue weighted by molar-refractivity contribution is -0.141. The number of esters is 1. The molecule has 0 aromatic rings. The van der Waals surface area contributed by atoms with Gasteiger partial charge < -0.3 is 4.74 Å². The van der Waals surface area contributed by atoms with Crippen LogP contribution in [-0.2, 0) is 14.3 Å².